The number of methoxy groups -OCH3 is 1. The lowest BCUT2D eigenvalue weighted by Gasteiger charge is -2.36. The van der Waals surface area contributed by atoms with Gasteiger partial charge in [-0.3, -0.25) is 4.90 Å². The summed E-state index contributed by atoms with van der Waals surface area (Å²) in [5.41, 5.74) is 0.415. The van der Waals surface area contributed by atoms with Crippen LogP contribution >= 0.6 is 0 Å². The predicted octanol–water partition coefficient (Wildman–Crippen LogP) is 2.02. The summed E-state index contributed by atoms with van der Waals surface area (Å²) in [6.07, 6.45) is 7.12. The Kier molecular flexibility index (Phi) is 4.45. The van der Waals surface area contributed by atoms with Crippen molar-refractivity contribution in [3.63, 3.8) is 0 Å². The van der Waals surface area contributed by atoms with Crippen LogP contribution in [0.25, 0.3) is 0 Å². The molecule has 1 spiro atoms. The van der Waals surface area contributed by atoms with E-state index in [4.69, 9.17) is 4.74 Å². The van der Waals surface area contributed by atoms with Gasteiger partial charge in [0.05, 0.1) is 6.10 Å². The van der Waals surface area contributed by atoms with Crippen molar-refractivity contribution in [2.45, 2.75) is 63.6 Å². The van der Waals surface area contributed by atoms with Crippen LogP contribution in [0.4, 0.5) is 0 Å². The molecule has 2 unspecified atom stereocenters. The number of hydrogen-bond acceptors (Lipinski definition) is 3. The van der Waals surface area contributed by atoms with E-state index in [0.717, 1.165) is 6.54 Å². The quantitative estimate of drug-likeness (QED) is 0.817. The van der Waals surface area contributed by atoms with Gasteiger partial charge in [-0.25, -0.2) is 0 Å². The van der Waals surface area contributed by atoms with Gasteiger partial charge in [-0.2, -0.15) is 0 Å². The van der Waals surface area contributed by atoms with Crippen LogP contribution < -0.4 is 5.32 Å². The topological polar surface area (TPSA) is 24.5 Å². The second-order valence-electron chi connectivity index (χ2n) is 6.03. The smallest absolute Gasteiger partial charge is 0.0670 e. The molecular formula is C14H28N2O. The Morgan fingerprint density at radius 2 is 2.12 bits per heavy atom. The molecule has 1 saturated carbocycles. The van der Waals surface area contributed by atoms with Crippen molar-refractivity contribution in [1.82, 2.24) is 10.2 Å². The zero-order chi connectivity index (χ0) is 12.3. The van der Waals surface area contributed by atoms with Gasteiger partial charge in [-0.05, 0) is 39.7 Å². The second-order valence-corrected chi connectivity index (χ2v) is 6.03. The van der Waals surface area contributed by atoms with E-state index in [0.29, 0.717) is 17.7 Å². The van der Waals surface area contributed by atoms with Crippen molar-refractivity contribution in [3.05, 3.63) is 0 Å². The molecule has 0 amide bonds. The lowest BCUT2D eigenvalue weighted by atomic mass is 9.97. The molecule has 1 aliphatic carbocycles. The first-order valence-electron chi connectivity index (χ1n) is 7.17. The fourth-order valence-electron chi connectivity index (χ4n) is 3.37. The Bertz CT molecular complexity index is 238. The molecule has 0 radical (unpaired) electrons. The van der Waals surface area contributed by atoms with Gasteiger partial charge in [0.15, 0.2) is 0 Å². The van der Waals surface area contributed by atoms with Crippen LogP contribution in [0.1, 0.15) is 46.0 Å². The molecule has 2 aliphatic rings. The average Bonchev–Trinajstić information content (AvgIpc) is 2.70. The van der Waals surface area contributed by atoms with Gasteiger partial charge in [-0.1, -0.05) is 12.8 Å². The zero-order valence-corrected chi connectivity index (χ0v) is 11.7. The van der Waals surface area contributed by atoms with Crippen molar-refractivity contribution >= 4 is 0 Å². The monoisotopic (exact) mass is 240 g/mol. The van der Waals surface area contributed by atoms with E-state index in [1.165, 1.54) is 45.2 Å². The molecule has 1 aliphatic heterocycles. The van der Waals surface area contributed by atoms with Gasteiger partial charge in [0.25, 0.3) is 0 Å². The van der Waals surface area contributed by atoms with Crippen molar-refractivity contribution in [1.29, 1.82) is 0 Å². The van der Waals surface area contributed by atoms with E-state index in [9.17, 15) is 0 Å². The van der Waals surface area contributed by atoms with Gasteiger partial charge in [-0.15, -0.1) is 0 Å². The summed E-state index contributed by atoms with van der Waals surface area (Å²) in [6, 6.07) is 0.681. The first-order chi connectivity index (χ1) is 8.15. The maximum absolute atomic E-state index is 5.43. The Balaban J connectivity index is 2.00. The van der Waals surface area contributed by atoms with Crippen LogP contribution in [0.3, 0.4) is 0 Å². The van der Waals surface area contributed by atoms with Crippen molar-refractivity contribution in [3.8, 4) is 0 Å². The van der Waals surface area contributed by atoms with E-state index in [-0.39, 0.29) is 0 Å². The van der Waals surface area contributed by atoms with Crippen LogP contribution in [0.5, 0.6) is 0 Å². The average molecular weight is 240 g/mol. The predicted molar refractivity (Wildman–Crippen MR) is 71.3 cm³/mol. The van der Waals surface area contributed by atoms with Gasteiger partial charge in [0.2, 0.25) is 0 Å². The Hall–Kier alpha value is -0.120. The maximum atomic E-state index is 5.43. The van der Waals surface area contributed by atoms with Crippen LogP contribution in [-0.2, 0) is 4.74 Å². The molecule has 2 atom stereocenters. The van der Waals surface area contributed by atoms with Crippen LogP contribution in [0, 0.1) is 0 Å². The minimum atomic E-state index is 0.342. The first-order valence-corrected chi connectivity index (χ1v) is 7.17. The second kappa shape index (κ2) is 5.68. The lowest BCUT2D eigenvalue weighted by molar-refractivity contribution is 0.0546. The Labute approximate surface area is 106 Å². The summed E-state index contributed by atoms with van der Waals surface area (Å²) in [7, 11) is 1.82. The summed E-state index contributed by atoms with van der Waals surface area (Å²) >= 11 is 0. The molecule has 2 rings (SSSR count). The molecule has 1 saturated heterocycles. The third-order valence-corrected chi connectivity index (χ3v) is 4.65. The number of nitrogens with zero attached hydrogens (tertiary/aromatic N) is 1. The van der Waals surface area contributed by atoms with Gasteiger partial charge >= 0.3 is 0 Å². The van der Waals surface area contributed by atoms with Crippen LogP contribution in [0.2, 0.25) is 0 Å². The Morgan fingerprint density at radius 1 is 1.41 bits per heavy atom. The fraction of sp³-hybridized carbons (Fsp3) is 1.00. The van der Waals surface area contributed by atoms with E-state index in [1.807, 2.05) is 7.11 Å². The number of ether oxygens (including phenoxy) is 1. The number of nitrogens with one attached hydrogen (secondary N) is 1. The molecule has 17 heavy (non-hydrogen) atoms. The SMILES string of the molecule is COC(C)CN1CC2(CCCC2)NCCC1C. The van der Waals surface area contributed by atoms with Crippen molar-refractivity contribution < 1.29 is 4.74 Å². The molecule has 0 aromatic rings. The van der Waals surface area contributed by atoms with E-state index < -0.39 is 0 Å². The van der Waals surface area contributed by atoms with Crippen molar-refractivity contribution in [2.24, 2.45) is 0 Å². The molecule has 2 fully saturated rings. The standard InChI is InChI=1S/C14H28N2O/c1-12-6-9-15-14(7-4-5-8-14)11-16(12)10-13(2)17-3/h12-13,15H,4-11H2,1-3H3. The molecule has 1 N–H and O–H groups in total. The molecule has 3 heteroatoms. The van der Waals surface area contributed by atoms with E-state index >= 15 is 0 Å². The summed E-state index contributed by atoms with van der Waals surface area (Å²) in [5, 5.41) is 3.83. The molecule has 3 nitrogen and oxygen atoms in total. The summed E-state index contributed by atoms with van der Waals surface area (Å²) < 4.78 is 5.43. The number of rotatable bonds is 3. The first kappa shape index (κ1) is 13.3. The highest BCUT2D eigenvalue weighted by Gasteiger charge is 2.38. The normalized spacial score (nSPS) is 31.6. The highest BCUT2D eigenvalue weighted by atomic mass is 16.5. The highest BCUT2D eigenvalue weighted by Crippen LogP contribution is 2.32. The Morgan fingerprint density at radius 3 is 2.76 bits per heavy atom. The molecule has 100 valence electrons. The summed E-state index contributed by atoms with van der Waals surface area (Å²) in [5.74, 6) is 0. The fourth-order valence-corrected chi connectivity index (χ4v) is 3.37. The van der Waals surface area contributed by atoms with Crippen LogP contribution in [0.15, 0.2) is 0 Å². The zero-order valence-electron chi connectivity index (χ0n) is 11.7. The number of hydrogen-bond donors (Lipinski definition) is 1. The molecular weight excluding hydrogens is 212 g/mol. The lowest BCUT2D eigenvalue weighted by Crippen LogP contribution is -2.51. The molecule has 0 bridgehead atoms. The van der Waals surface area contributed by atoms with Gasteiger partial charge in [0, 0.05) is 31.8 Å². The van der Waals surface area contributed by atoms with Gasteiger partial charge in [0.1, 0.15) is 0 Å². The summed E-state index contributed by atoms with van der Waals surface area (Å²) in [4.78, 5) is 2.64. The molecule has 1 heterocycles. The maximum Gasteiger partial charge on any atom is 0.0670 e. The van der Waals surface area contributed by atoms with E-state index in [2.05, 4.69) is 24.1 Å². The van der Waals surface area contributed by atoms with E-state index in [1.54, 1.807) is 0 Å². The van der Waals surface area contributed by atoms with Crippen molar-refractivity contribution in [2.75, 3.05) is 26.7 Å². The highest BCUT2D eigenvalue weighted by molar-refractivity contribution is 4.98. The third kappa shape index (κ3) is 3.21. The summed E-state index contributed by atoms with van der Waals surface area (Å²) in [6.45, 7) is 7.99. The van der Waals surface area contributed by atoms with Crippen LogP contribution in [-0.4, -0.2) is 49.3 Å². The molecule has 0 aromatic heterocycles. The third-order valence-electron chi connectivity index (χ3n) is 4.65. The van der Waals surface area contributed by atoms with Gasteiger partial charge < -0.3 is 10.1 Å². The molecule has 0 aromatic carbocycles. The minimum Gasteiger partial charge on any atom is -0.380 e. The largest absolute Gasteiger partial charge is 0.380 e. The minimum absolute atomic E-state index is 0.342.